The third-order valence-corrected chi connectivity index (χ3v) is 7.22. The largest absolute Gasteiger partial charge is 0.493 e. The predicted octanol–water partition coefficient (Wildman–Crippen LogP) is 7.12. The molecule has 0 spiro atoms. The van der Waals surface area contributed by atoms with Gasteiger partial charge in [0, 0.05) is 30.2 Å². The van der Waals surface area contributed by atoms with Crippen LogP contribution in [0.5, 0.6) is 17.4 Å². The van der Waals surface area contributed by atoms with E-state index >= 15 is 0 Å². The second kappa shape index (κ2) is 13.9. The molecule has 0 N–H and O–H groups in total. The van der Waals surface area contributed by atoms with Crippen LogP contribution >= 0.6 is 0 Å². The molecule has 0 aliphatic rings. The molecule has 6 rings (SSSR count). The summed E-state index contributed by atoms with van der Waals surface area (Å²) in [6.45, 7) is 4.52. The first-order valence-electron chi connectivity index (χ1n) is 15.0. The molecule has 3 heterocycles. The summed E-state index contributed by atoms with van der Waals surface area (Å²) in [4.78, 5) is 4.63. The number of rotatable bonds is 14. The third-order valence-electron chi connectivity index (χ3n) is 7.22. The Bertz CT molecular complexity index is 1830. The number of aryl methyl sites for hydroxylation is 4. The summed E-state index contributed by atoms with van der Waals surface area (Å²) in [5.74, 6) is 4.28. The zero-order valence-electron chi connectivity index (χ0n) is 25.6. The quantitative estimate of drug-likeness (QED) is 0.128. The van der Waals surface area contributed by atoms with Crippen LogP contribution in [-0.2, 0) is 32.5 Å². The van der Waals surface area contributed by atoms with E-state index in [2.05, 4.69) is 22.1 Å². The van der Waals surface area contributed by atoms with Gasteiger partial charge < -0.3 is 23.0 Å². The van der Waals surface area contributed by atoms with Gasteiger partial charge in [-0.2, -0.15) is 0 Å². The van der Waals surface area contributed by atoms with Crippen molar-refractivity contribution in [3.8, 4) is 34.5 Å². The zero-order chi connectivity index (χ0) is 31.0. The highest BCUT2D eigenvalue weighted by atomic mass is 16.5. The van der Waals surface area contributed by atoms with E-state index in [4.69, 9.17) is 28.1 Å². The lowest BCUT2D eigenvalue weighted by molar-refractivity contribution is 0.275. The summed E-state index contributed by atoms with van der Waals surface area (Å²) in [7, 11) is 1.62. The topological polar surface area (TPSA) is 110 Å². The lowest BCUT2D eigenvalue weighted by Crippen LogP contribution is -2.04. The second-order valence-corrected chi connectivity index (χ2v) is 10.5. The minimum Gasteiger partial charge on any atom is -0.493 e. The van der Waals surface area contributed by atoms with Crippen LogP contribution in [0, 0.1) is 6.92 Å². The standard InChI is InChI=1S/C35H35N5O5/c1-4-11-32-37-38-33(45-32)19-17-28-21-34(39-40(28)27-14-9-6-10-15-27)43-22-25-16-18-30(31(20-25)41-3)42-23-29-24(2)44-35(36-29)26-12-7-5-8-13-26/h5-10,12-16,18,20-21H,4,11,17,19,22-23H2,1-3H3. The SMILES string of the molecule is CCCc1nnc(CCc2cc(OCc3ccc(OCc4nc(-c5ccccc5)oc4C)c(OC)c3)nn2-c2ccccc2)o1. The smallest absolute Gasteiger partial charge is 0.233 e. The molecule has 10 heteroatoms. The molecule has 0 bridgehead atoms. The number of ether oxygens (including phenoxy) is 3. The lowest BCUT2D eigenvalue weighted by atomic mass is 10.2. The Balaban J connectivity index is 1.12. The molecule has 0 radical (unpaired) electrons. The van der Waals surface area contributed by atoms with E-state index in [1.165, 1.54) is 0 Å². The van der Waals surface area contributed by atoms with Crippen molar-refractivity contribution in [1.82, 2.24) is 25.0 Å². The first-order chi connectivity index (χ1) is 22.1. The number of methoxy groups -OCH3 is 1. The molecule has 10 nitrogen and oxygen atoms in total. The maximum Gasteiger partial charge on any atom is 0.233 e. The number of oxazole rings is 1. The second-order valence-electron chi connectivity index (χ2n) is 10.5. The first kappa shape index (κ1) is 29.7. The minimum absolute atomic E-state index is 0.248. The predicted molar refractivity (Wildman–Crippen MR) is 168 cm³/mol. The molecule has 0 unspecified atom stereocenters. The van der Waals surface area contributed by atoms with E-state index in [-0.39, 0.29) is 6.61 Å². The Hall–Kier alpha value is -5.38. The third kappa shape index (κ3) is 7.23. The van der Waals surface area contributed by atoms with Crippen molar-refractivity contribution in [1.29, 1.82) is 0 Å². The molecular formula is C35H35N5O5. The van der Waals surface area contributed by atoms with Gasteiger partial charge in [-0.1, -0.05) is 49.4 Å². The minimum atomic E-state index is 0.248. The number of benzene rings is 3. The molecule has 0 aliphatic heterocycles. The molecule has 6 aromatic rings. The van der Waals surface area contributed by atoms with E-state index in [0.29, 0.717) is 60.3 Å². The maximum atomic E-state index is 6.15. The maximum absolute atomic E-state index is 6.15. The van der Waals surface area contributed by atoms with Crippen molar-refractivity contribution in [2.45, 2.75) is 52.7 Å². The molecule has 3 aromatic carbocycles. The molecule has 45 heavy (non-hydrogen) atoms. The van der Waals surface area contributed by atoms with E-state index < -0.39 is 0 Å². The number of aromatic nitrogens is 5. The summed E-state index contributed by atoms with van der Waals surface area (Å²) in [6.07, 6.45) is 3.01. The first-order valence-corrected chi connectivity index (χ1v) is 15.0. The van der Waals surface area contributed by atoms with Crippen LogP contribution in [0.3, 0.4) is 0 Å². The highest BCUT2D eigenvalue weighted by molar-refractivity contribution is 5.53. The van der Waals surface area contributed by atoms with Crippen molar-refractivity contribution >= 4 is 0 Å². The monoisotopic (exact) mass is 605 g/mol. The van der Waals surface area contributed by atoms with Crippen LogP contribution < -0.4 is 14.2 Å². The molecular weight excluding hydrogens is 570 g/mol. The Labute approximate surface area is 261 Å². The van der Waals surface area contributed by atoms with Gasteiger partial charge in [0.05, 0.1) is 12.8 Å². The van der Waals surface area contributed by atoms with Gasteiger partial charge in [0.1, 0.15) is 24.7 Å². The van der Waals surface area contributed by atoms with Gasteiger partial charge in [-0.15, -0.1) is 15.3 Å². The molecule has 230 valence electrons. The fourth-order valence-electron chi connectivity index (χ4n) is 4.87. The summed E-state index contributed by atoms with van der Waals surface area (Å²) < 4.78 is 31.4. The Morgan fingerprint density at radius 2 is 1.51 bits per heavy atom. The lowest BCUT2D eigenvalue weighted by Gasteiger charge is -2.12. The molecule has 0 aliphatic carbocycles. The fraction of sp³-hybridized carbons (Fsp3) is 0.257. The van der Waals surface area contributed by atoms with Gasteiger partial charge in [0.15, 0.2) is 11.5 Å². The van der Waals surface area contributed by atoms with Gasteiger partial charge >= 0.3 is 0 Å². The van der Waals surface area contributed by atoms with Crippen molar-refractivity contribution in [3.05, 3.63) is 119 Å². The fourth-order valence-corrected chi connectivity index (χ4v) is 4.87. The van der Waals surface area contributed by atoms with E-state index in [1.54, 1.807) is 7.11 Å². The summed E-state index contributed by atoms with van der Waals surface area (Å²) in [5, 5.41) is 13.1. The Morgan fingerprint density at radius 3 is 2.27 bits per heavy atom. The van der Waals surface area contributed by atoms with Gasteiger partial charge in [-0.25, -0.2) is 9.67 Å². The average molecular weight is 606 g/mol. The normalized spacial score (nSPS) is 11.1. The highest BCUT2D eigenvalue weighted by Gasteiger charge is 2.16. The van der Waals surface area contributed by atoms with E-state index in [0.717, 1.165) is 41.0 Å². The Morgan fingerprint density at radius 1 is 0.756 bits per heavy atom. The molecule has 0 atom stereocenters. The number of hydrogen-bond acceptors (Lipinski definition) is 9. The van der Waals surface area contributed by atoms with Crippen LogP contribution in [0.25, 0.3) is 17.1 Å². The summed E-state index contributed by atoms with van der Waals surface area (Å²) >= 11 is 0. The van der Waals surface area contributed by atoms with Gasteiger partial charge in [-0.05, 0) is 61.7 Å². The number of nitrogens with zero attached hydrogens (tertiary/aromatic N) is 5. The molecule has 0 amide bonds. The van der Waals surface area contributed by atoms with Crippen molar-refractivity contribution < 1.29 is 23.0 Å². The van der Waals surface area contributed by atoms with Crippen molar-refractivity contribution in [2.75, 3.05) is 7.11 Å². The van der Waals surface area contributed by atoms with Crippen molar-refractivity contribution in [2.24, 2.45) is 0 Å². The molecule has 0 saturated heterocycles. The highest BCUT2D eigenvalue weighted by Crippen LogP contribution is 2.30. The summed E-state index contributed by atoms with van der Waals surface area (Å²) in [5.41, 5.74) is 4.48. The average Bonchev–Trinajstić information content (AvgIpc) is 3.81. The molecule has 3 aromatic heterocycles. The van der Waals surface area contributed by atoms with Crippen molar-refractivity contribution in [3.63, 3.8) is 0 Å². The molecule has 0 fully saturated rings. The zero-order valence-corrected chi connectivity index (χ0v) is 25.6. The van der Waals surface area contributed by atoms with Crippen LogP contribution in [0.15, 0.2) is 93.8 Å². The van der Waals surface area contributed by atoms with Crippen LogP contribution in [-0.4, -0.2) is 32.1 Å². The Kier molecular flexibility index (Phi) is 9.19. The van der Waals surface area contributed by atoms with Gasteiger partial charge in [0.25, 0.3) is 0 Å². The van der Waals surface area contributed by atoms with Crippen LogP contribution in [0.2, 0.25) is 0 Å². The summed E-state index contributed by atoms with van der Waals surface area (Å²) in [6, 6.07) is 27.4. The van der Waals surface area contributed by atoms with E-state index in [9.17, 15) is 0 Å². The number of hydrogen-bond donors (Lipinski definition) is 0. The van der Waals surface area contributed by atoms with Gasteiger partial charge in [0.2, 0.25) is 23.6 Å². The van der Waals surface area contributed by atoms with Crippen LogP contribution in [0.1, 0.15) is 47.8 Å². The van der Waals surface area contributed by atoms with Gasteiger partial charge in [-0.3, -0.25) is 0 Å². The number of para-hydroxylation sites is 1. The molecule has 0 saturated carbocycles. The van der Waals surface area contributed by atoms with E-state index in [1.807, 2.05) is 96.5 Å². The van der Waals surface area contributed by atoms with Crippen LogP contribution in [0.4, 0.5) is 0 Å².